The molecule has 0 amide bonds. The number of carbonyl (C=O) groups is 2. The van der Waals surface area contributed by atoms with Crippen LogP contribution in [0.3, 0.4) is 0 Å². The number of rotatable bonds is 6. The minimum Gasteiger partial charge on any atom is -0.497 e. The monoisotopic (exact) mass is 418 g/mol. The predicted octanol–water partition coefficient (Wildman–Crippen LogP) is 4.00. The van der Waals surface area contributed by atoms with E-state index in [1.807, 2.05) is 12.1 Å². The fraction of sp³-hybridized carbons (Fsp3) is 0.125. The maximum absolute atomic E-state index is 12.5. The number of esters is 1. The average Bonchev–Trinajstić information content (AvgIpc) is 2.80. The molecule has 4 aromatic rings. The Morgan fingerprint density at radius 2 is 1.65 bits per heavy atom. The summed E-state index contributed by atoms with van der Waals surface area (Å²) in [5, 5.41) is 2.27. The topological polar surface area (TPSA) is 92.0 Å². The minimum absolute atomic E-state index is 0.232. The molecule has 3 aromatic carbocycles. The largest absolute Gasteiger partial charge is 0.497 e. The normalized spacial score (nSPS) is 10.8. The molecule has 0 spiro atoms. The van der Waals surface area contributed by atoms with E-state index in [9.17, 15) is 14.4 Å². The van der Waals surface area contributed by atoms with Gasteiger partial charge in [-0.25, -0.2) is 9.59 Å². The first kappa shape index (κ1) is 20.2. The lowest BCUT2D eigenvalue weighted by Crippen LogP contribution is -2.20. The Balaban J connectivity index is 1.52. The average molecular weight is 418 g/mol. The quantitative estimate of drug-likeness (QED) is 0.265. The summed E-state index contributed by atoms with van der Waals surface area (Å²) in [5.74, 6) is -0.235. The van der Waals surface area contributed by atoms with Gasteiger partial charge in [-0.15, -0.1) is 0 Å². The number of fused-ring (bicyclic) bond motifs is 2. The van der Waals surface area contributed by atoms with Crippen LogP contribution >= 0.6 is 0 Å². The Labute approximate surface area is 176 Å². The highest BCUT2D eigenvalue weighted by atomic mass is 16.5. The molecular weight excluding hydrogens is 400 g/mol. The van der Waals surface area contributed by atoms with Crippen molar-refractivity contribution in [1.82, 2.24) is 0 Å². The predicted molar refractivity (Wildman–Crippen MR) is 114 cm³/mol. The van der Waals surface area contributed by atoms with Crippen LogP contribution in [-0.4, -0.2) is 32.6 Å². The van der Waals surface area contributed by atoms with Crippen molar-refractivity contribution in [2.75, 3.05) is 20.8 Å². The van der Waals surface area contributed by atoms with E-state index in [1.54, 1.807) is 49.6 Å². The molecule has 1 aromatic heterocycles. The Morgan fingerprint density at radius 1 is 0.871 bits per heavy atom. The first-order valence-electron chi connectivity index (χ1n) is 9.39. The first-order chi connectivity index (χ1) is 15.0. The highest BCUT2D eigenvalue weighted by Gasteiger charge is 2.18. The van der Waals surface area contributed by atoms with Crippen molar-refractivity contribution in [2.24, 2.45) is 0 Å². The molecule has 0 atom stereocenters. The van der Waals surface area contributed by atoms with E-state index in [1.165, 1.54) is 13.2 Å². The van der Waals surface area contributed by atoms with Crippen LogP contribution in [0.4, 0.5) is 0 Å². The smallest absolute Gasteiger partial charge is 0.351 e. The number of para-hydroxylation sites is 1. The molecule has 0 fully saturated rings. The second kappa shape index (κ2) is 8.31. The van der Waals surface area contributed by atoms with Gasteiger partial charge in [0.05, 0.1) is 14.2 Å². The van der Waals surface area contributed by atoms with Crippen molar-refractivity contribution in [3.63, 3.8) is 0 Å². The van der Waals surface area contributed by atoms with E-state index in [-0.39, 0.29) is 11.1 Å². The Morgan fingerprint density at radius 3 is 2.42 bits per heavy atom. The molecule has 1 heterocycles. The van der Waals surface area contributed by atoms with Gasteiger partial charge in [0.2, 0.25) is 0 Å². The summed E-state index contributed by atoms with van der Waals surface area (Å²) in [6.45, 7) is -0.504. The molecular formula is C24H18O7. The van der Waals surface area contributed by atoms with Gasteiger partial charge >= 0.3 is 11.6 Å². The third kappa shape index (κ3) is 3.98. The van der Waals surface area contributed by atoms with Gasteiger partial charge in [-0.05, 0) is 41.1 Å². The van der Waals surface area contributed by atoms with E-state index in [0.29, 0.717) is 22.4 Å². The van der Waals surface area contributed by atoms with Crippen LogP contribution in [0.15, 0.2) is 69.9 Å². The Kier molecular flexibility index (Phi) is 5.41. The maximum Gasteiger partial charge on any atom is 0.351 e. The summed E-state index contributed by atoms with van der Waals surface area (Å²) < 4.78 is 20.6. The number of hydrogen-bond acceptors (Lipinski definition) is 7. The lowest BCUT2D eigenvalue weighted by Gasteiger charge is -2.07. The summed E-state index contributed by atoms with van der Waals surface area (Å²) >= 11 is 0. The second-order valence-electron chi connectivity index (χ2n) is 6.75. The molecule has 0 N–H and O–H groups in total. The van der Waals surface area contributed by atoms with E-state index in [4.69, 9.17) is 18.6 Å². The number of carbonyl (C=O) groups excluding carboxylic acids is 2. The van der Waals surface area contributed by atoms with Crippen molar-refractivity contribution in [1.29, 1.82) is 0 Å². The molecule has 0 bridgehead atoms. The summed E-state index contributed by atoms with van der Waals surface area (Å²) in [5.41, 5.74) is -0.538. The zero-order valence-electron chi connectivity index (χ0n) is 16.8. The number of hydrogen-bond donors (Lipinski definition) is 0. The molecule has 0 saturated heterocycles. The van der Waals surface area contributed by atoms with Crippen LogP contribution in [0.25, 0.3) is 21.7 Å². The summed E-state index contributed by atoms with van der Waals surface area (Å²) in [6, 6.07) is 17.0. The summed E-state index contributed by atoms with van der Waals surface area (Å²) in [7, 11) is 3.03. The number of methoxy groups -OCH3 is 2. The van der Waals surface area contributed by atoms with Crippen LogP contribution in [0.5, 0.6) is 11.5 Å². The van der Waals surface area contributed by atoms with Gasteiger partial charge in [-0.2, -0.15) is 0 Å². The third-order valence-corrected chi connectivity index (χ3v) is 4.87. The molecule has 0 aliphatic rings. The van der Waals surface area contributed by atoms with E-state index < -0.39 is 24.0 Å². The minimum atomic E-state index is -0.933. The lowest BCUT2D eigenvalue weighted by molar-refractivity contribution is 0.0470. The van der Waals surface area contributed by atoms with Crippen molar-refractivity contribution in [2.45, 2.75) is 0 Å². The van der Waals surface area contributed by atoms with Gasteiger partial charge in [-0.3, -0.25) is 4.79 Å². The standard InChI is InChI=1S/C24H18O7/c1-28-18-9-8-14-10-16(7-6-15(14)11-18)20(25)13-30-23(26)19-12-17-4-3-5-21(29-2)22(17)31-24(19)27/h3-12H,13H2,1-2H3. The van der Waals surface area contributed by atoms with Gasteiger partial charge in [-0.1, -0.05) is 30.3 Å². The number of ketones is 1. The van der Waals surface area contributed by atoms with Crippen LogP contribution in [0, 0.1) is 0 Å². The van der Waals surface area contributed by atoms with Crippen LogP contribution in [-0.2, 0) is 4.74 Å². The molecule has 0 unspecified atom stereocenters. The van der Waals surface area contributed by atoms with Crippen molar-refractivity contribution < 1.29 is 28.2 Å². The summed E-state index contributed by atoms with van der Waals surface area (Å²) in [4.78, 5) is 37.1. The van der Waals surface area contributed by atoms with Gasteiger partial charge in [0.25, 0.3) is 0 Å². The highest BCUT2D eigenvalue weighted by Crippen LogP contribution is 2.25. The fourth-order valence-electron chi connectivity index (χ4n) is 3.24. The van der Waals surface area contributed by atoms with Gasteiger partial charge < -0.3 is 18.6 Å². The molecule has 0 aliphatic carbocycles. The SMILES string of the molecule is COc1ccc2cc(C(=O)COC(=O)c3cc4cccc(OC)c4oc3=O)ccc2c1. The van der Waals surface area contributed by atoms with Crippen LogP contribution < -0.4 is 15.1 Å². The fourth-order valence-corrected chi connectivity index (χ4v) is 3.24. The number of Topliss-reactive ketones (excluding diaryl/α,β-unsaturated/α-hetero) is 1. The van der Waals surface area contributed by atoms with E-state index in [0.717, 1.165) is 10.8 Å². The Bertz CT molecular complexity index is 1370. The van der Waals surface area contributed by atoms with E-state index in [2.05, 4.69) is 0 Å². The molecule has 7 heteroatoms. The maximum atomic E-state index is 12.5. The van der Waals surface area contributed by atoms with Crippen molar-refractivity contribution >= 4 is 33.5 Å². The molecule has 31 heavy (non-hydrogen) atoms. The molecule has 0 radical (unpaired) electrons. The summed E-state index contributed by atoms with van der Waals surface area (Å²) in [6.07, 6.45) is 0. The number of ether oxygens (including phenoxy) is 3. The highest BCUT2D eigenvalue weighted by molar-refractivity contribution is 6.02. The van der Waals surface area contributed by atoms with Gasteiger partial charge in [0, 0.05) is 10.9 Å². The zero-order chi connectivity index (χ0) is 22.0. The Hall–Kier alpha value is -4.13. The van der Waals surface area contributed by atoms with Gasteiger partial charge in [0.15, 0.2) is 23.7 Å². The first-order valence-corrected chi connectivity index (χ1v) is 9.39. The molecule has 4 rings (SSSR count). The van der Waals surface area contributed by atoms with E-state index >= 15 is 0 Å². The van der Waals surface area contributed by atoms with Gasteiger partial charge in [0.1, 0.15) is 11.3 Å². The van der Waals surface area contributed by atoms with Crippen molar-refractivity contribution in [3.05, 3.63) is 82.2 Å². The molecule has 0 saturated carbocycles. The van der Waals surface area contributed by atoms with Crippen molar-refractivity contribution in [3.8, 4) is 11.5 Å². The molecule has 0 aliphatic heterocycles. The molecule has 156 valence electrons. The second-order valence-corrected chi connectivity index (χ2v) is 6.75. The van der Waals surface area contributed by atoms with Crippen LogP contribution in [0.1, 0.15) is 20.7 Å². The lowest BCUT2D eigenvalue weighted by atomic mass is 10.0. The zero-order valence-corrected chi connectivity index (χ0v) is 16.8. The molecule has 7 nitrogen and oxygen atoms in total. The number of benzene rings is 3. The third-order valence-electron chi connectivity index (χ3n) is 4.87. The van der Waals surface area contributed by atoms with Crippen LogP contribution in [0.2, 0.25) is 0 Å².